The Morgan fingerprint density at radius 2 is 2.32 bits per heavy atom. The first-order valence-electron chi connectivity index (χ1n) is 5.80. The molecule has 0 bridgehead atoms. The number of phenolic OH excluding ortho intramolecular Hbond substituents is 1. The monoisotopic (exact) mass is 279 g/mol. The third-order valence-electron chi connectivity index (χ3n) is 2.65. The van der Waals surface area contributed by atoms with Crippen molar-refractivity contribution in [2.75, 3.05) is 6.54 Å². The molecule has 2 aromatic rings. The van der Waals surface area contributed by atoms with Gasteiger partial charge in [-0.2, -0.15) is 5.10 Å². The predicted octanol–water partition coefficient (Wildman–Crippen LogP) is 1.75. The lowest BCUT2D eigenvalue weighted by Crippen LogP contribution is -2.25. The Morgan fingerprint density at radius 1 is 1.53 bits per heavy atom. The number of carbonyl (C=O) groups excluding carboxylic acids is 1. The van der Waals surface area contributed by atoms with Gasteiger partial charge in [-0.05, 0) is 30.2 Å². The predicted molar refractivity (Wildman–Crippen MR) is 72.4 cm³/mol. The van der Waals surface area contributed by atoms with Crippen LogP contribution in [-0.4, -0.2) is 27.3 Å². The number of amides is 1. The molecule has 19 heavy (non-hydrogen) atoms. The van der Waals surface area contributed by atoms with Crippen molar-refractivity contribution in [2.45, 2.75) is 6.42 Å². The van der Waals surface area contributed by atoms with Crippen molar-refractivity contribution in [1.82, 2.24) is 15.1 Å². The molecule has 0 saturated carbocycles. The lowest BCUT2D eigenvalue weighted by atomic mass is 10.2. The fourth-order valence-electron chi connectivity index (χ4n) is 1.70. The number of carbonyl (C=O) groups is 1. The number of phenols is 1. The molecule has 2 rings (SSSR count). The Labute approximate surface area is 115 Å². The van der Waals surface area contributed by atoms with E-state index in [-0.39, 0.29) is 17.2 Å². The lowest BCUT2D eigenvalue weighted by molar-refractivity contribution is 0.0954. The first-order valence-corrected chi connectivity index (χ1v) is 6.18. The number of hydrogen-bond acceptors (Lipinski definition) is 3. The van der Waals surface area contributed by atoms with Crippen molar-refractivity contribution >= 4 is 17.5 Å². The Kier molecular flexibility index (Phi) is 4.06. The first kappa shape index (κ1) is 13.4. The molecular weight excluding hydrogens is 266 g/mol. The largest absolute Gasteiger partial charge is 0.508 e. The SMILES string of the molecule is Cn1cc(CCNC(=O)c2cc(O)ccc2Cl)cn1. The second kappa shape index (κ2) is 5.75. The summed E-state index contributed by atoms with van der Waals surface area (Å²) in [6, 6.07) is 4.28. The van der Waals surface area contributed by atoms with Gasteiger partial charge in [0.15, 0.2) is 0 Å². The van der Waals surface area contributed by atoms with E-state index in [0.29, 0.717) is 18.0 Å². The molecule has 0 saturated heterocycles. The molecule has 0 atom stereocenters. The highest BCUT2D eigenvalue weighted by atomic mass is 35.5. The highest BCUT2D eigenvalue weighted by Crippen LogP contribution is 2.20. The summed E-state index contributed by atoms with van der Waals surface area (Å²) in [5.74, 6) is -0.286. The van der Waals surface area contributed by atoms with E-state index in [9.17, 15) is 9.90 Å². The fourth-order valence-corrected chi connectivity index (χ4v) is 1.91. The Hall–Kier alpha value is -2.01. The molecule has 5 nitrogen and oxygen atoms in total. The minimum atomic E-state index is -0.301. The number of hydrogen-bond donors (Lipinski definition) is 2. The summed E-state index contributed by atoms with van der Waals surface area (Å²) in [5, 5.41) is 16.5. The summed E-state index contributed by atoms with van der Waals surface area (Å²) in [5.41, 5.74) is 1.32. The summed E-state index contributed by atoms with van der Waals surface area (Å²) >= 11 is 5.91. The van der Waals surface area contributed by atoms with Crippen LogP contribution in [0.4, 0.5) is 0 Å². The van der Waals surface area contributed by atoms with Gasteiger partial charge in [-0.25, -0.2) is 0 Å². The molecule has 0 aliphatic rings. The summed E-state index contributed by atoms with van der Waals surface area (Å²) < 4.78 is 1.71. The van der Waals surface area contributed by atoms with E-state index in [4.69, 9.17) is 11.6 Å². The van der Waals surface area contributed by atoms with Crippen LogP contribution in [-0.2, 0) is 13.5 Å². The van der Waals surface area contributed by atoms with Crippen molar-refractivity contribution in [3.63, 3.8) is 0 Å². The van der Waals surface area contributed by atoms with Gasteiger partial charge in [0, 0.05) is 19.8 Å². The van der Waals surface area contributed by atoms with Gasteiger partial charge in [-0.1, -0.05) is 11.6 Å². The quantitative estimate of drug-likeness (QED) is 0.896. The maximum Gasteiger partial charge on any atom is 0.252 e. The van der Waals surface area contributed by atoms with Crippen LogP contribution < -0.4 is 5.32 Å². The lowest BCUT2D eigenvalue weighted by Gasteiger charge is -2.06. The van der Waals surface area contributed by atoms with E-state index in [1.807, 2.05) is 13.2 Å². The van der Waals surface area contributed by atoms with Gasteiger partial charge in [-0.3, -0.25) is 9.48 Å². The summed E-state index contributed by atoms with van der Waals surface area (Å²) in [4.78, 5) is 11.9. The molecule has 0 fully saturated rings. The molecule has 1 heterocycles. The molecule has 6 heteroatoms. The maximum atomic E-state index is 11.9. The van der Waals surface area contributed by atoms with Crippen molar-refractivity contribution in [2.24, 2.45) is 7.05 Å². The number of nitrogens with one attached hydrogen (secondary N) is 1. The topological polar surface area (TPSA) is 67.2 Å². The van der Waals surface area contributed by atoms with E-state index in [0.717, 1.165) is 5.56 Å². The molecule has 100 valence electrons. The van der Waals surface area contributed by atoms with Crippen LogP contribution in [0.2, 0.25) is 5.02 Å². The van der Waals surface area contributed by atoms with Gasteiger partial charge >= 0.3 is 0 Å². The third-order valence-corrected chi connectivity index (χ3v) is 2.98. The van der Waals surface area contributed by atoms with Crippen LogP contribution in [0.15, 0.2) is 30.6 Å². The number of rotatable bonds is 4. The first-order chi connectivity index (χ1) is 9.06. The Bertz CT molecular complexity index is 595. The average Bonchev–Trinajstić information content (AvgIpc) is 2.78. The smallest absolute Gasteiger partial charge is 0.252 e. The van der Waals surface area contributed by atoms with Crippen LogP contribution in [0.3, 0.4) is 0 Å². The number of aromatic nitrogens is 2. The van der Waals surface area contributed by atoms with Gasteiger partial charge < -0.3 is 10.4 Å². The normalized spacial score (nSPS) is 10.4. The second-order valence-corrected chi connectivity index (χ2v) is 4.60. The number of aryl methyl sites for hydroxylation is 1. The molecule has 0 radical (unpaired) electrons. The zero-order valence-corrected chi connectivity index (χ0v) is 11.2. The molecule has 1 amide bonds. The van der Waals surface area contributed by atoms with Crippen LogP contribution in [0.25, 0.3) is 0 Å². The Balaban J connectivity index is 1.92. The minimum Gasteiger partial charge on any atom is -0.508 e. The van der Waals surface area contributed by atoms with Crippen molar-refractivity contribution in [3.05, 3.63) is 46.7 Å². The molecular formula is C13H14ClN3O2. The number of aromatic hydroxyl groups is 1. The number of benzene rings is 1. The highest BCUT2D eigenvalue weighted by Gasteiger charge is 2.10. The summed E-state index contributed by atoms with van der Waals surface area (Å²) in [7, 11) is 1.84. The van der Waals surface area contributed by atoms with Crippen molar-refractivity contribution < 1.29 is 9.90 Å². The molecule has 1 aromatic carbocycles. The van der Waals surface area contributed by atoms with E-state index in [2.05, 4.69) is 10.4 Å². The van der Waals surface area contributed by atoms with Gasteiger partial charge in [0.2, 0.25) is 0 Å². The van der Waals surface area contributed by atoms with Gasteiger partial charge in [0.1, 0.15) is 5.75 Å². The third kappa shape index (κ3) is 3.48. The van der Waals surface area contributed by atoms with Gasteiger partial charge in [-0.15, -0.1) is 0 Å². The molecule has 0 aliphatic heterocycles. The van der Waals surface area contributed by atoms with E-state index < -0.39 is 0 Å². The highest BCUT2D eigenvalue weighted by molar-refractivity contribution is 6.33. The number of halogens is 1. The van der Waals surface area contributed by atoms with E-state index in [1.54, 1.807) is 10.9 Å². The minimum absolute atomic E-state index is 0.0156. The van der Waals surface area contributed by atoms with Crippen LogP contribution in [0.1, 0.15) is 15.9 Å². The van der Waals surface area contributed by atoms with Crippen LogP contribution in [0.5, 0.6) is 5.75 Å². The van der Waals surface area contributed by atoms with Crippen LogP contribution in [0, 0.1) is 0 Å². The fraction of sp³-hybridized carbons (Fsp3) is 0.231. The van der Waals surface area contributed by atoms with E-state index in [1.165, 1.54) is 18.2 Å². The average molecular weight is 280 g/mol. The second-order valence-electron chi connectivity index (χ2n) is 4.19. The molecule has 0 unspecified atom stereocenters. The van der Waals surface area contributed by atoms with Gasteiger partial charge in [0.05, 0.1) is 16.8 Å². The summed E-state index contributed by atoms with van der Waals surface area (Å²) in [6.45, 7) is 0.483. The van der Waals surface area contributed by atoms with Crippen molar-refractivity contribution in [3.8, 4) is 5.75 Å². The Morgan fingerprint density at radius 3 is 3.00 bits per heavy atom. The van der Waals surface area contributed by atoms with Gasteiger partial charge in [0.25, 0.3) is 5.91 Å². The number of nitrogens with zero attached hydrogens (tertiary/aromatic N) is 2. The zero-order valence-electron chi connectivity index (χ0n) is 10.4. The maximum absolute atomic E-state index is 11.9. The standard InChI is InChI=1S/C13H14ClN3O2/c1-17-8-9(7-16-17)4-5-15-13(19)11-6-10(18)2-3-12(11)14/h2-3,6-8,18H,4-5H2,1H3,(H,15,19). The molecule has 0 aliphatic carbocycles. The molecule has 1 aromatic heterocycles. The summed E-state index contributed by atoms with van der Waals surface area (Å²) in [6.07, 6.45) is 4.34. The van der Waals surface area contributed by atoms with Crippen molar-refractivity contribution in [1.29, 1.82) is 0 Å². The molecule has 0 spiro atoms. The van der Waals surface area contributed by atoms with Crippen LogP contribution >= 0.6 is 11.6 Å². The zero-order chi connectivity index (χ0) is 13.8. The molecule has 2 N–H and O–H groups in total. The van der Waals surface area contributed by atoms with E-state index >= 15 is 0 Å².